The van der Waals surface area contributed by atoms with Gasteiger partial charge in [0.05, 0.1) is 11.1 Å². The molecule has 1 aromatic carbocycles. The molecule has 19 heavy (non-hydrogen) atoms. The number of carbonyl (C=O) groups is 1. The van der Waals surface area contributed by atoms with Gasteiger partial charge in [0.25, 0.3) is 0 Å². The van der Waals surface area contributed by atoms with Crippen LogP contribution in [0, 0.1) is 5.92 Å². The summed E-state index contributed by atoms with van der Waals surface area (Å²) >= 11 is 6.23. The van der Waals surface area contributed by atoms with Crippen LogP contribution < -0.4 is 4.74 Å². The van der Waals surface area contributed by atoms with E-state index in [2.05, 4.69) is 0 Å². The molecule has 2 rings (SSSR count). The van der Waals surface area contributed by atoms with Crippen molar-refractivity contribution >= 4 is 17.4 Å². The van der Waals surface area contributed by atoms with Crippen molar-refractivity contribution in [2.75, 3.05) is 0 Å². The van der Waals surface area contributed by atoms with Gasteiger partial charge in [0.1, 0.15) is 5.75 Å². The number of ketones is 1. The van der Waals surface area contributed by atoms with E-state index in [9.17, 15) is 4.79 Å². The van der Waals surface area contributed by atoms with E-state index in [4.69, 9.17) is 16.3 Å². The van der Waals surface area contributed by atoms with E-state index in [1.165, 1.54) is 6.42 Å². The van der Waals surface area contributed by atoms with E-state index in [0.717, 1.165) is 31.4 Å². The number of benzene rings is 1. The Labute approximate surface area is 120 Å². The topological polar surface area (TPSA) is 26.3 Å². The summed E-state index contributed by atoms with van der Waals surface area (Å²) in [4.78, 5) is 12.4. The number of ether oxygens (including phenoxy) is 1. The maximum absolute atomic E-state index is 12.4. The van der Waals surface area contributed by atoms with E-state index in [-0.39, 0.29) is 17.8 Å². The monoisotopic (exact) mass is 280 g/mol. The number of Topliss-reactive ketones (excluding diaryl/α,β-unsaturated/α-hetero) is 1. The third-order valence-electron chi connectivity index (χ3n) is 3.55. The Balaban J connectivity index is 2.13. The van der Waals surface area contributed by atoms with E-state index in [0.29, 0.717) is 10.6 Å². The van der Waals surface area contributed by atoms with Crippen LogP contribution >= 0.6 is 11.6 Å². The molecule has 3 heteroatoms. The van der Waals surface area contributed by atoms with Crippen LogP contribution in [0.4, 0.5) is 0 Å². The number of carbonyl (C=O) groups excluding carboxylic acids is 1. The van der Waals surface area contributed by atoms with Crippen LogP contribution in [-0.4, -0.2) is 11.9 Å². The molecule has 1 aliphatic carbocycles. The van der Waals surface area contributed by atoms with Crippen molar-refractivity contribution in [2.24, 2.45) is 5.92 Å². The molecule has 0 atom stereocenters. The Morgan fingerprint density at radius 3 is 2.53 bits per heavy atom. The van der Waals surface area contributed by atoms with Gasteiger partial charge in [0.15, 0.2) is 5.78 Å². The second-order valence-corrected chi connectivity index (χ2v) is 5.91. The fraction of sp³-hybridized carbons (Fsp3) is 0.562. The molecular weight excluding hydrogens is 260 g/mol. The largest absolute Gasteiger partial charge is 0.491 e. The summed E-state index contributed by atoms with van der Waals surface area (Å²) in [6, 6.07) is 5.39. The van der Waals surface area contributed by atoms with Gasteiger partial charge in [0.2, 0.25) is 0 Å². The molecular formula is C16H21ClO2. The first-order valence-corrected chi connectivity index (χ1v) is 7.46. The average Bonchev–Trinajstić information content (AvgIpc) is 2.38. The third kappa shape index (κ3) is 3.73. The Bertz CT molecular complexity index is 448. The SMILES string of the molecule is CC(C)Oc1ccc(C(=O)C2CCCCC2)c(Cl)c1. The first-order valence-electron chi connectivity index (χ1n) is 7.08. The highest BCUT2D eigenvalue weighted by Gasteiger charge is 2.24. The minimum Gasteiger partial charge on any atom is -0.491 e. The summed E-state index contributed by atoms with van der Waals surface area (Å²) < 4.78 is 5.58. The molecule has 0 heterocycles. The molecule has 0 N–H and O–H groups in total. The van der Waals surface area contributed by atoms with Crippen molar-refractivity contribution in [1.29, 1.82) is 0 Å². The number of hydrogen-bond donors (Lipinski definition) is 0. The fourth-order valence-corrected chi connectivity index (χ4v) is 2.89. The lowest BCUT2D eigenvalue weighted by Crippen LogP contribution is -2.18. The van der Waals surface area contributed by atoms with E-state index in [1.807, 2.05) is 19.9 Å². The van der Waals surface area contributed by atoms with Crippen LogP contribution in [0.1, 0.15) is 56.3 Å². The van der Waals surface area contributed by atoms with Gasteiger partial charge in [-0.25, -0.2) is 0 Å². The van der Waals surface area contributed by atoms with E-state index in [1.54, 1.807) is 12.1 Å². The zero-order chi connectivity index (χ0) is 13.8. The van der Waals surface area contributed by atoms with Crippen LogP contribution in [-0.2, 0) is 0 Å². The molecule has 1 aliphatic rings. The second-order valence-electron chi connectivity index (χ2n) is 5.51. The standard InChI is InChI=1S/C16H21ClO2/c1-11(2)19-13-8-9-14(15(17)10-13)16(18)12-6-4-3-5-7-12/h8-12H,3-7H2,1-2H3. The lowest BCUT2D eigenvalue weighted by Gasteiger charge is -2.21. The molecule has 104 valence electrons. The molecule has 1 aromatic rings. The molecule has 0 bridgehead atoms. The predicted octanol–water partition coefficient (Wildman–Crippen LogP) is 4.89. The molecule has 0 aliphatic heterocycles. The summed E-state index contributed by atoms with van der Waals surface area (Å²) in [6.45, 7) is 3.93. The minimum absolute atomic E-state index is 0.107. The Morgan fingerprint density at radius 2 is 1.95 bits per heavy atom. The molecule has 1 fully saturated rings. The summed E-state index contributed by atoms with van der Waals surface area (Å²) in [5.41, 5.74) is 0.643. The average molecular weight is 281 g/mol. The van der Waals surface area contributed by atoms with Crippen LogP contribution in [0.25, 0.3) is 0 Å². The highest BCUT2D eigenvalue weighted by Crippen LogP contribution is 2.31. The van der Waals surface area contributed by atoms with Crippen molar-refractivity contribution in [1.82, 2.24) is 0 Å². The maximum Gasteiger partial charge on any atom is 0.167 e. The van der Waals surface area contributed by atoms with Gasteiger partial charge in [-0.15, -0.1) is 0 Å². The molecule has 0 unspecified atom stereocenters. The minimum atomic E-state index is 0.107. The zero-order valence-corrected chi connectivity index (χ0v) is 12.4. The van der Waals surface area contributed by atoms with Gasteiger partial charge in [0, 0.05) is 11.5 Å². The van der Waals surface area contributed by atoms with Crippen LogP contribution in [0.3, 0.4) is 0 Å². The quantitative estimate of drug-likeness (QED) is 0.734. The first-order chi connectivity index (χ1) is 9.08. The van der Waals surface area contributed by atoms with Crippen LogP contribution in [0.15, 0.2) is 18.2 Å². The lowest BCUT2D eigenvalue weighted by molar-refractivity contribution is 0.0889. The smallest absolute Gasteiger partial charge is 0.167 e. The van der Waals surface area contributed by atoms with Crippen molar-refractivity contribution in [3.05, 3.63) is 28.8 Å². The van der Waals surface area contributed by atoms with Crippen molar-refractivity contribution < 1.29 is 9.53 Å². The fourth-order valence-electron chi connectivity index (χ4n) is 2.63. The van der Waals surface area contributed by atoms with Gasteiger partial charge in [-0.3, -0.25) is 4.79 Å². The number of hydrogen-bond acceptors (Lipinski definition) is 2. The normalized spacial score (nSPS) is 16.6. The van der Waals surface area contributed by atoms with Gasteiger partial charge >= 0.3 is 0 Å². The second kappa shape index (κ2) is 6.42. The first kappa shape index (κ1) is 14.4. The molecule has 0 amide bonds. The van der Waals surface area contributed by atoms with E-state index < -0.39 is 0 Å². The van der Waals surface area contributed by atoms with Crippen molar-refractivity contribution in [3.63, 3.8) is 0 Å². The van der Waals surface area contributed by atoms with Gasteiger partial charge < -0.3 is 4.74 Å². The molecule has 0 aromatic heterocycles. The number of halogens is 1. The highest BCUT2D eigenvalue weighted by molar-refractivity contribution is 6.34. The van der Waals surface area contributed by atoms with Crippen LogP contribution in [0.5, 0.6) is 5.75 Å². The van der Waals surface area contributed by atoms with Gasteiger partial charge in [-0.1, -0.05) is 30.9 Å². The Kier molecular flexibility index (Phi) is 4.87. The van der Waals surface area contributed by atoms with Crippen LogP contribution in [0.2, 0.25) is 5.02 Å². The third-order valence-corrected chi connectivity index (χ3v) is 3.87. The summed E-state index contributed by atoms with van der Waals surface area (Å²) in [6.07, 6.45) is 5.67. The van der Waals surface area contributed by atoms with Gasteiger partial charge in [-0.05, 0) is 44.9 Å². The molecule has 2 nitrogen and oxygen atoms in total. The van der Waals surface area contributed by atoms with Gasteiger partial charge in [-0.2, -0.15) is 0 Å². The van der Waals surface area contributed by atoms with Crippen molar-refractivity contribution in [2.45, 2.75) is 52.1 Å². The molecule has 0 radical (unpaired) electrons. The van der Waals surface area contributed by atoms with E-state index >= 15 is 0 Å². The zero-order valence-electron chi connectivity index (χ0n) is 11.6. The highest BCUT2D eigenvalue weighted by atomic mass is 35.5. The Hall–Kier alpha value is -1.02. The molecule has 0 spiro atoms. The predicted molar refractivity (Wildman–Crippen MR) is 78.1 cm³/mol. The summed E-state index contributed by atoms with van der Waals surface area (Å²) in [5, 5.41) is 0.508. The Morgan fingerprint density at radius 1 is 1.26 bits per heavy atom. The maximum atomic E-state index is 12.4. The number of rotatable bonds is 4. The van der Waals surface area contributed by atoms with Crippen molar-refractivity contribution in [3.8, 4) is 5.75 Å². The molecule has 1 saturated carbocycles. The molecule has 0 saturated heterocycles. The lowest BCUT2D eigenvalue weighted by atomic mass is 9.84. The summed E-state index contributed by atoms with van der Waals surface area (Å²) in [7, 11) is 0. The summed E-state index contributed by atoms with van der Waals surface area (Å²) in [5.74, 6) is 1.07.